The second kappa shape index (κ2) is 10.5. The van der Waals surface area contributed by atoms with Gasteiger partial charge in [-0.25, -0.2) is 13.8 Å². The minimum absolute atomic E-state index is 0.0282. The van der Waals surface area contributed by atoms with Crippen molar-refractivity contribution in [1.29, 1.82) is 0 Å². The summed E-state index contributed by atoms with van der Waals surface area (Å²) in [5, 5.41) is 6.30. The molecule has 0 aromatic heterocycles. The Morgan fingerprint density at radius 3 is 2.77 bits per heavy atom. The van der Waals surface area contributed by atoms with E-state index in [4.69, 9.17) is 14.7 Å². The Morgan fingerprint density at radius 1 is 1.12 bits per heavy atom. The number of dihydropyridines is 1. The van der Waals surface area contributed by atoms with Crippen molar-refractivity contribution in [3.63, 3.8) is 0 Å². The number of alkyl halides is 1. The van der Waals surface area contributed by atoms with Gasteiger partial charge in [0.1, 0.15) is 24.7 Å². The average molecular weight is 591 g/mol. The van der Waals surface area contributed by atoms with Crippen LogP contribution in [0.2, 0.25) is 0 Å². The molecule has 2 N–H and O–H groups in total. The maximum absolute atomic E-state index is 16.7. The number of nitrogens with zero attached hydrogens (tertiary/aromatic N) is 4. The van der Waals surface area contributed by atoms with E-state index in [0.29, 0.717) is 49.0 Å². The van der Waals surface area contributed by atoms with Crippen LogP contribution in [0.3, 0.4) is 0 Å². The number of hydrogen-bond acceptors (Lipinski definition) is 7. The summed E-state index contributed by atoms with van der Waals surface area (Å²) in [6, 6.07) is 5.84. The highest BCUT2D eigenvalue weighted by atomic mass is 19.1. The van der Waals surface area contributed by atoms with Crippen molar-refractivity contribution >= 4 is 23.7 Å². The zero-order valence-corrected chi connectivity index (χ0v) is 24.6. The Balaban J connectivity index is 1.13. The van der Waals surface area contributed by atoms with E-state index in [1.165, 1.54) is 12.8 Å². The monoisotopic (exact) mass is 590 g/mol. The smallest absolute Gasteiger partial charge is 0.290 e. The van der Waals surface area contributed by atoms with Crippen LogP contribution in [0.15, 0.2) is 45.8 Å². The van der Waals surface area contributed by atoms with Crippen LogP contribution in [-0.2, 0) is 9.53 Å². The van der Waals surface area contributed by atoms with Crippen molar-refractivity contribution < 1.29 is 18.3 Å². The Hall–Kier alpha value is -3.11. The summed E-state index contributed by atoms with van der Waals surface area (Å²) in [4.78, 5) is 26.9. The van der Waals surface area contributed by atoms with Gasteiger partial charge in [0.2, 0.25) is 5.91 Å². The standard InChI is InChI=1S/C33H40F2N6O2/c34-24-9-2-7-21-6-1-8-22(26(21)24)28-27(35)29-23(17-36-28)30(40-13-3-10-32(19-40)16-25(42)37-18-32)39-31(38-29)43-20-33-11-4-14-41(33)15-5-12-33/h1-2,6-8,23-24,30H,3-5,9-20H2,(H,37,42)(H,38,39). The fourth-order valence-corrected chi connectivity index (χ4v) is 8.89. The van der Waals surface area contributed by atoms with Crippen LogP contribution in [0.4, 0.5) is 8.78 Å². The predicted octanol–water partition coefficient (Wildman–Crippen LogP) is 4.25. The number of nitrogens with one attached hydrogen (secondary N) is 2. The molecular formula is C33H40F2N6O2. The predicted molar refractivity (Wildman–Crippen MR) is 161 cm³/mol. The Labute approximate surface area is 251 Å². The number of piperidine rings is 1. The van der Waals surface area contributed by atoms with E-state index in [1.54, 1.807) is 6.07 Å². The van der Waals surface area contributed by atoms with Crippen molar-refractivity contribution in [2.75, 3.05) is 45.9 Å². The van der Waals surface area contributed by atoms with Crippen LogP contribution in [-0.4, -0.2) is 85.0 Å². The number of carbonyl (C=O) groups is 1. The molecule has 0 bridgehead atoms. The first kappa shape index (κ1) is 27.4. The molecular weight excluding hydrogens is 550 g/mol. The third kappa shape index (κ3) is 4.63. The van der Waals surface area contributed by atoms with Gasteiger partial charge in [-0.1, -0.05) is 30.4 Å². The molecule has 8 nitrogen and oxygen atoms in total. The summed E-state index contributed by atoms with van der Waals surface area (Å²) in [6.07, 6.45) is 9.44. The van der Waals surface area contributed by atoms with Crippen molar-refractivity contribution in [3.05, 3.63) is 52.5 Å². The molecule has 8 rings (SSSR count). The van der Waals surface area contributed by atoms with Crippen molar-refractivity contribution in [2.45, 2.75) is 69.2 Å². The second-order valence-electron chi connectivity index (χ2n) is 13.6. The van der Waals surface area contributed by atoms with Gasteiger partial charge in [-0.3, -0.25) is 19.6 Å². The number of carbonyl (C=O) groups excluding carboxylic acids is 1. The lowest BCUT2D eigenvalue weighted by Gasteiger charge is -2.46. The zero-order valence-electron chi connectivity index (χ0n) is 24.6. The minimum atomic E-state index is -1.20. The molecule has 10 heteroatoms. The van der Waals surface area contributed by atoms with Crippen LogP contribution in [0.25, 0.3) is 6.08 Å². The molecule has 0 saturated carbocycles. The fourth-order valence-electron chi connectivity index (χ4n) is 8.89. The highest BCUT2D eigenvalue weighted by Crippen LogP contribution is 2.42. The maximum atomic E-state index is 16.7. The second-order valence-corrected chi connectivity index (χ2v) is 13.6. The number of amides is 1. The lowest BCUT2D eigenvalue weighted by atomic mass is 9.78. The number of hydrogen-bond donors (Lipinski definition) is 2. The Bertz CT molecular complexity index is 1440. The van der Waals surface area contributed by atoms with Gasteiger partial charge in [0.25, 0.3) is 6.02 Å². The third-order valence-corrected chi connectivity index (χ3v) is 11.0. The number of allylic oxidation sites excluding steroid dienone is 2. The molecule has 43 heavy (non-hydrogen) atoms. The zero-order chi connectivity index (χ0) is 29.2. The van der Waals surface area contributed by atoms with E-state index in [-0.39, 0.29) is 41.1 Å². The number of ether oxygens (including phenoxy) is 1. The highest BCUT2D eigenvalue weighted by Gasteiger charge is 2.48. The lowest BCUT2D eigenvalue weighted by molar-refractivity contribution is -0.120. The lowest BCUT2D eigenvalue weighted by Crippen LogP contribution is -2.56. The number of fused-ring (bicyclic) bond motifs is 3. The van der Waals surface area contributed by atoms with Gasteiger partial charge in [-0.15, -0.1) is 0 Å². The molecule has 7 aliphatic rings. The van der Waals surface area contributed by atoms with E-state index in [1.807, 2.05) is 24.3 Å². The number of rotatable bonds is 4. The molecule has 1 amide bonds. The first-order valence-corrected chi connectivity index (χ1v) is 16.1. The Kier molecular flexibility index (Phi) is 6.71. The van der Waals surface area contributed by atoms with Gasteiger partial charge in [0, 0.05) is 49.0 Å². The maximum Gasteiger partial charge on any atom is 0.290 e. The highest BCUT2D eigenvalue weighted by molar-refractivity contribution is 6.14. The summed E-state index contributed by atoms with van der Waals surface area (Å²) in [7, 11) is 0. The van der Waals surface area contributed by atoms with Crippen molar-refractivity contribution in [3.8, 4) is 0 Å². The van der Waals surface area contributed by atoms with Crippen molar-refractivity contribution in [2.24, 2.45) is 21.3 Å². The largest absolute Gasteiger partial charge is 0.463 e. The van der Waals surface area contributed by atoms with Crippen LogP contribution in [0, 0.1) is 11.3 Å². The van der Waals surface area contributed by atoms with Crippen LogP contribution < -0.4 is 10.6 Å². The first-order chi connectivity index (χ1) is 20.9. The fraction of sp³-hybridized carbons (Fsp3) is 0.606. The van der Waals surface area contributed by atoms with E-state index in [9.17, 15) is 4.79 Å². The molecule has 228 valence electrons. The molecule has 4 fully saturated rings. The molecule has 6 heterocycles. The number of amidine groups is 1. The van der Waals surface area contributed by atoms with Crippen LogP contribution in [0.1, 0.15) is 74.2 Å². The van der Waals surface area contributed by atoms with Gasteiger partial charge in [0.15, 0.2) is 5.83 Å². The van der Waals surface area contributed by atoms with Gasteiger partial charge < -0.3 is 15.4 Å². The van der Waals surface area contributed by atoms with Gasteiger partial charge in [-0.2, -0.15) is 0 Å². The van der Waals surface area contributed by atoms with E-state index >= 15 is 8.78 Å². The molecule has 6 aliphatic heterocycles. The molecule has 1 aromatic rings. The number of aliphatic imine (C=N–C) groups is 2. The molecule has 4 unspecified atom stereocenters. The van der Waals surface area contributed by atoms with Crippen LogP contribution in [0.5, 0.6) is 0 Å². The molecule has 1 spiro atoms. The van der Waals surface area contributed by atoms with E-state index in [0.717, 1.165) is 57.4 Å². The summed E-state index contributed by atoms with van der Waals surface area (Å²) in [5.74, 6) is -0.690. The summed E-state index contributed by atoms with van der Waals surface area (Å²) >= 11 is 0. The van der Waals surface area contributed by atoms with Crippen LogP contribution >= 0.6 is 0 Å². The van der Waals surface area contributed by atoms with Gasteiger partial charge >= 0.3 is 0 Å². The summed E-state index contributed by atoms with van der Waals surface area (Å²) < 4.78 is 38.4. The van der Waals surface area contributed by atoms with Gasteiger partial charge in [0.05, 0.1) is 23.7 Å². The molecule has 0 radical (unpaired) electrons. The minimum Gasteiger partial charge on any atom is -0.463 e. The summed E-state index contributed by atoms with van der Waals surface area (Å²) in [6.45, 7) is 5.26. The molecule has 1 aromatic carbocycles. The summed E-state index contributed by atoms with van der Waals surface area (Å²) in [5.41, 5.74) is 2.32. The SMILES string of the molecule is O=C1CC2(CCCN(C3N=C(OCC45CCCN4CCC5)NC4=C(F)C(c5cccc6c5C(F)CC=C6)=NCC43)C2)CN1. The number of likely N-dealkylation sites (tertiary alicyclic amines) is 1. The molecule has 4 atom stereocenters. The quantitative estimate of drug-likeness (QED) is 0.548. The van der Waals surface area contributed by atoms with Crippen molar-refractivity contribution in [1.82, 2.24) is 20.4 Å². The normalized spacial score (nSPS) is 33.4. The van der Waals surface area contributed by atoms with E-state index < -0.39 is 12.0 Å². The van der Waals surface area contributed by atoms with E-state index in [2.05, 4.69) is 20.4 Å². The Morgan fingerprint density at radius 2 is 1.95 bits per heavy atom. The first-order valence-electron chi connectivity index (χ1n) is 16.1. The third-order valence-electron chi connectivity index (χ3n) is 11.0. The average Bonchev–Trinajstić information content (AvgIpc) is 3.70. The molecule has 4 saturated heterocycles. The number of benzene rings is 1. The molecule has 1 aliphatic carbocycles. The number of halogens is 2. The topological polar surface area (TPSA) is 81.6 Å². The van der Waals surface area contributed by atoms with Gasteiger partial charge in [-0.05, 0) is 57.2 Å².